The van der Waals surface area contributed by atoms with Crippen LogP contribution < -0.4 is 4.52 Å². The molecule has 0 bridgehead atoms. The Balaban J connectivity index is 2.46. The van der Waals surface area contributed by atoms with Crippen molar-refractivity contribution >= 4 is 14.5 Å². The van der Waals surface area contributed by atoms with Crippen LogP contribution in [-0.2, 0) is 0 Å². The van der Waals surface area contributed by atoms with E-state index in [-0.39, 0.29) is 5.91 Å². The van der Waals surface area contributed by atoms with Crippen LogP contribution in [-0.4, -0.2) is 16.1 Å². The molecule has 86 valence electrons. The van der Waals surface area contributed by atoms with Crippen LogP contribution in [0.2, 0.25) is 0 Å². The lowest BCUT2D eigenvalue weighted by Gasteiger charge is -2.38. The Morgan fingerprint density at radius 1 is 1.31 bits per heavy atom. The van der Waals surface area contributed by atoms with Gasteiger partial charge in [0.05, 0.1) is 5.56 Å². The van der Waals surface area contributed by atoms with Gasteiger partial charge < -0.3 is 4.52 Å². The molecule has 1 atom stereocenters. The van der Waals surface area contributed by atoms with Crippen LogP contribution in [0.25, 0.3) is 0 Å². The van der Waals surface area contributed by atoms with Gasteiger partial charge in [-0.1, -0.05) is 12.1 Å². The van der Waals surface area contributed by atoms with E-state index in [9.17, 15) is 8.99 Å². The molecular formula is C11H13FNO2P. The van der Waals surface area contributed by atoms with Crippen LogP contribution in [0.4, 0.5) is 4.20 Å². The Bertz CT molecular complexity index is 430. The average Bonchev–Trinajstić information content (AvgIpc) is 2.15. The molecule has 1 aromatic rings. The summed E-state index contributed by atoms with van der Waals surface area (Å²) in [6.07, 6.45) is 0. The van der Waals surface area contributed by atoms with Crippen LogP contribution >= 0.6 is 8.61 Å². The zero-order valence-electron chi connectivity index (χ0n) is 9.40. The Morgan fingerprint density at radius 3 is 2.56 bits per heavy atom. The summed E-state index contributed by atoms with van der Waals surface area (Å²) < 4.78 is 20.1. The number of hydrogen-bond donors (Lipinski definition) is 0. The molecule has 5 heteroatoms. The van der Waals surface area contributed by atoms with Crippen molar-refractivity contribution in [3.05, 3.63) is 29.8 Å². The highest BCUT2D eigenvalue weighted by Crippen LogP contribution is 2.52. The summed E-state index contributed by atoms with van der Waals surface area (Å²) in [5.74, 6) is 0.0320. The van der Waals surface area contributed by atoms with Crippen LogP contribution in [0.1, 0.15) is 31.1 Å². The molecule has 0 fully saturated rings. The Hall–Kier alpha value is -1.15. The monoisotopic (exact) mass is 241 g/mol. The normalized spacial score (nSPS) is 20.4. The zero-order valence-corrected chi connectivity index (χ0v) is 10.3. The molecule has 0 aliphatic carbocycles. The van der Waals surface area contributed by atoms with Gasteiger partial charge in [-0.05, 0) is 32.9 Å². The minimum atomic E-state index is -2.39. The third-order valence-electron chi connectivity index (χ3n) is 2.28. The summed E-state index contributed by atoms with van der Waals surface area (Å²) in [5, 5.41) is 0. The second-order valence-corrected chi connectivity index (χ2v) is 5.64. The van der Waals surface area contributed by atoms with Gasteiger partial charge in [-0.15, -0.1) is 0 Å². The quantitative estimate of drug-likeness (QED) is 0.650. The molecule has 0 N–H and O–H groups in total. The lowest BCUT2D eigenvalue weighted by molar-refractivity contribution is 0.0739. The first-order chi connectivity index (χ1) is 7.41. The van der Waals surface area contributed by atoms with E-state index >= 15 is 0 Å². The first-order valence-electron chi connectivity index (χ1n) is 4.98. The van der Waals surface area contributed by atoms with Crippen molar-refractivity contribution in [1.29, 1.82) is 0 Å². The molecule has 2 rings (SSSR count). The fraction of sp³-hybridized carbons (Fsp3) is 0.364. The van der Waals surface area contributed by atoms with Crippen LogP contribution in [0.3, 0.4) is 0 Å². The van der Waals surface area contributed by atoms with Crippen LogP contribution in [0.15, 0.2) is 24.3 Å². The molecule has 1 aromatic carbocycles. The van der Waals surface area contributed by atoms with Crippen molar-refractivity contribution in [2.24, 2.45) is 0 Å². The van der Waals surface area contributed by atoms with Crippen LogP contribution in [0, 0.1) is 0 Å². The lowest BCUT2D eigenvalue weighted by Crippen LogP contribution is -2.43. The molecule has 1 amide bonds. The standard InChI is InChI=1S/C11H13FNO2P/c1-11(2,3)13-10(14)8-6-4-5-7-9(8)15-16(13)12/h4-7H,1-3H3. The van der Waals surface area contributed by atoms with E-state index in [4.69, 9.17) is 4.52 Å². The molecule has 0 saturated heterocycles. The van der Waals surface area contributed by atoms with Crippen molar-refractivity contribution in [2.75, 3.05) is 0 Å². The summed E-state index contributed by atoms with van der Waals surface area (Å²) in [6, 6.07) is 6.73. The van der Waals surface area contributed by atoms with E-state index in [0.717, 1.165) is 0 Å². The van der Waals surface area contributed by atoms with Gasteiger partial charge in [-0.2, -0.15) is 4.20 Å². The summed E-state index contributed by atoms with van der Waals surface area (Å²) >= 11 is 0. The van der Waals surface area contributed by atoms with Gasteiger partial charge >= 0.3 is 8.61 Å². The van der Waals surface area contributed by atoms with Gasteiger partial charge in [-0.25, -0.2) is 0 Å². The molecule has 16 heavy (non-hydrogen) atoms. The van der Waals surface area contributed by atoms with E-state index < -0.39 is 14.1 Å². The zero-order chi connectivity index (χ0) is 11.9. The van der Waals surface area contributed by atoms with E-state index in [1.807, 2.05) is 0 Å². The van der Waals surface area contributed by atoms with Gasteiger partial charge in [-0.3, -0.25) is 9.46 Å². The number of carbonyl (C=O) groups is 1. The Kier molecular flexibility index (Phi) is 2.62. The van der Waals surface area contributed by atoms with Crippen molar-refractivity contribution in [3.8, 4) is 5.75 Å². The number of carbonyl (C=O) groups excluding carboxylic acids is 1. The number of fused-ring (bicyclic) bond motifs is 1. The lowest BCUT2D eigenvalue weighted by atomic mass is 10.1. The van der Waals surface area contributed by atoms with Gasteiger partial charge in [0, 0.05) is 5.54 Å². The summed E-state index contributed by atoms with van der Waals surface area (Å²) in [6.45, 7) is 5.37. The van der Waals surface area contributed by atoms with E-state index in [1.54, 1.807) is 45.0 Å². The highest BCUT2D eigenvalue weighted by Gasteiger charge is 2.41. The fourth-order valence-corrected chi connectivity index (χ4v) is 2.70. The van der Waals surface area contributed by atoms with Crippen molar-refractivity contribution in [3.63, 3.8) is 0 Å². The third-order valence-corrected chi connectivity index (χ3v) is 3.72. The number of nitrogens with zero attached hydrogens (tertiary/aromatic N) is 1. The third kappa shape index (κ3) is 1.78. The molecule has 0 saturated carbocycles. The van der Waals surface area contributed by atoms with Gasteiger partial charge in [0.15, 0.2) is 0 Å². The SMILES string of the molecule is CC(C)(C)N1C(=O)c2ccccc2OP1F. The van der Waals surface area contributed by atoms with Crippen molar-refractivity contribution < 1.29 is 13.5 Å². The predicted molar refractivity (Wildman–Crippen MR) is 61.0 cm³/mol. The first kappa shape index (κ1) is 11.3. The minimum absolute atomic E-state index is 0.303. The number of rotatable bonds is 0. The number of amides is 1. The van der Waals surface area contributed by atoms with E-state index in [2.05, 4.69) is 0 Å². The molecular weight excluding hydrogens is 228 g/mol. The Labute approximate surface area is 95.2 Å². The van der Waals surface area contributed by atoms with Crippen LogP contribution in [0.5, 0.6) is 5.75 Å². The highest BCUT2D eigenvalue weighted by molar-refractivity contribution is 7.45. The summed E-state index contributed by atoms with van der Waals surface area (Å²) in [5.41, 5.74) is -0.153. The largest absolute Gasteiger partial charge is 0.428 e. The predicted octanol–water partition coefficient (Wildman–Crippen LogP) is 3.52. The maximum absolute atomic E-state index is 13.8. The topological polar surface area (TPSA) is 29.5 Å². The maximum Gasteiger partial charge on any atom is 0.397 e. The fourth-order valence-electron chi connectivity index (χ4n) is 1.57. The molecule has 1 heterocycles. The molecule has 0 aromatic heterocycles. The van der Waals surface area contributed by atoms with Gasteiger partial charge in [0.25, 0.3) is 5.91 Å². The maximum atomic E-state index is 13.8. The number of para-hydroxylation sites is 1. The molecule has 1 aliphatic heterocycles. The summed E-state index contributed by atoms with van der Waals surface area (Å²) in [4.78, 5) is 12.1. The first-order valence-corrected chi connectivity index (χ1v) is 6.09. The molecule has 0 spiro atoms. The van der Waals surface area contributed by atoms with Gasteiger partial charge in [0.1, 0.15) is 5.75 Å². The number of benzene rings is 1. The highest BCUT2D eigenvalue weighted by atomic mass is 31.2. The number of halogens is 1. The van der Waals surface area contributed by atoms with E-state index in [0.29, 0.717) is 11.3 Å². The molecule has 3 nitrogen and oxygen atoms in total. The van der Waals surface area contributed by atoms with E-state index in [1.165, 1.54) is 4.67 Å². The van der Waals surface area contributed by atoms with Crippen molar-refractivity contribution in [1.82, 2.24) is 4.67 Å². The molecule has 0 radical (unpaired) electrons. The number of hydrogen-bond acceptors (Lipinski definition) is 2. The second kappa shape index (κ2) is 3.70. The molecule has 1 aliphatic rings. The Morgan fingerprint density at radius 2 is 1.94 bits per heavy atom. The summed E-state index contributed by atoms with van der Waals surface area (Å²) in [7, 11) is -2.39. The average molecular weight is 241 g/mol. The second-order valence-electron chi connectivity index (χ2n) is 4.60. The van der Waals surface area contributed by atoms with Gasteiger partial charge in [0.2, 0.25) is 0 Å². The van der Waals surface area contributed by atoms with Crippen molar-refractivity contribution in [2.45, 2.75) is 26.3 Å². The smallest absolute Gasteiger partial charge is 0.397 e. The minimum Gasteiger partial charge on any atom is -0.428 e. The molecule has 1 unspecified atom stereocenters.